The number of rotatable bonds is 6. The lowest BCUT2D eigenvalue weighted by Gasteiger charge is -2.19. The second-order valence-corrected chi connectivity index (χ2v) is 7.23. The van der Waals surface area contributed by atoms with Crippen LogP contribution in [0.15, 0.2) is 29.6 Å². The molecular formula is C18H21N3O3S. The normalized spacial score (nSPS) is 17.6. The van der Waals surface area contributed by atoms with Crippen LogP contribution < -0.4 is 5.32 Å². The van der Waals surface area contributed by atoms with Gasteiger partial charge in [0.1, 0.15) is 11.0 Å². The molecule has 6 nitrogen and oxygen atoms in total. The van der Waals surface area contributed by atoms with E-state index in [0.717, 1.165) is 34.9 Å². The van der Waals surface area contributed by atoms with Crippen molar-refractivity contribution in [2.24, 2.45) is 0 Å². The Balaban J connectivity index is 1.55. The van der Waals surface area contributed by atoms with Crippen molar-refractivity contribution >= 4 is 28.9 Å². The summed E-state index contributed by atoms with van der Waals surface area (Å²) in [5.41, 5.74) is 2.74. The van der Waals surface area contributed by atoms with E-state index in [4.69, 9.17) is 0 Å². The summed E-state index contributed by atoms with van der Waals surface area (Å²) in [6, 6.07) is 7.23. The number of anilines is 1. The van der Waals surface area contributed by atoms with Crippen LogP contribution in [0, 0.1) is 6.92 Å². The molecule has 7 heteroatoms. The predicted octanol–water partition coefficient (Wildman–Crippen LogP) is 2.68. The number of hydrogen-bond donors (Lipinski definition) is 2. The van der Waals surface area contributed by atoms with Crippen molar-refractivity contribution in [2.45, 2.75) is 38.8 Å². The molecule has 1 aliphatic rings. The van der Waals surface area contributed by atoms with Crippen molar-refractivity contribution < 1.29 is 14.7 Å². The first-order chi connectivity index (χ1) is 12.0. The number of thiazole rings is 1. The smallest absolute Gasteiger partial charge is 0.320 e. The molecule has 3 rings (SSSR count). The van der Waals surface area contributed by atoms with Crippen molar-refractivity contribution in [3.05, 3.63) is 45.9 Å². The second kappa shape index (κ2) is 7.76. The third kappa shape index (κ3) is 4.64. The summed E-state index contributed by atoms with van der Waals surface area (Å²) in [6.45, 7) is 3.29. The number of amides is 1. The molecule has 132 valence electrons. The highest BCUT2D eigenvalue weighted by atomic mass is 32.1. The summed E-state index contributed by atoms with van der Waals surface area (Å²) in [7, 11) is 0. The zero-order chi connectivity index (χ0) is 17.8. The highest BCUT2D eigenvalue weighted by Gasteiger charge is 2.30. The van der Waals surface area contributed by atoms with E-state index in [1.807, 2.05) is 41.5 Å². The lowest BCUT2D eigenvalue weighted by molar-refractivity contribution is -0.142. The third-order valence-corrected chi connectivity index (χ3v) is 5.16. The van der Waals surface area contributed by atoms with Crippen molar-refractivity contribution in [3.8, 4) is 0 Å². The number of aryl methyl sites for hydroxylation is 1. The molecule has 0 saturated carbocycles. The fourth-order valence-electron chi connectivity index (χ4n) is 2.99. The molecule has 1 amide bonds. The fourth-order valence-corrected chi connectivity index (χ4v) is 3.77. The van der Waals surface area contributed by atoms with E-state index in [2.05, 4.69) is 10.3 Å². The van der Waals surface area contributed by atoms with Crippen LogP contribution in [0.4, 0.5) is 5.69 Å². The molecule has 0 aliphatic carbocycles. The SMILES string of the molecule is Cc1ccc(NC(=O)Cc2nc(CN3CCC[C@H]3C(=O)O)cs2)cc1. The molecule has 25 heavy (non-hydrogen) atoms. The van der Waals surface area contributed by atoms with Gasteiger partial charge in [-0.1, -0.05) is 17.7 Å². The highest BCUT2D eigenvalue weighted by Crippen LogP contribution is 2.21. The Kier molecular flexibility index (Phi) is 5.45. The quantitative estimate of drug-likeness (QED) is 0.829. The van der Waals surface area contributed by atoms with Crippen LogP contribution in [-0.2, 0) is 22.6 Å². The first-order valence-corrected chi connectivity index (χ1v) is 9.16. The molecule has 2 aromatic rings. The number of aliphatic carboxylic acids is 1. The number of likely N-dealkylation sites (tertiary alicyclic amines) is 1. The van der Waals surface area contributed by atoms with Gasteiger partial charge in [0.05, 0.1) is 12.1 Å². The summed E-state index contributed by atoms with van der Waals surface area (Å²) < 4.78 is 0. The average Bonchev–Trinajstić information content (AvgIpc) is 3.19. The van der Waals surface area contributed by atoms with E-state index in [1.165, 1.54) is 11.3 Å². The summed E-state index contributed by atoms with van der Waals surface area (Å²) in [5, 5.41) is 14.7. The maximum absolute atomic E-state index is 12.1. The Morgan fingerprint density at radius 3 is 2.84 bits per heavy atom. The van der Waals surface area contributed by atoms with Crippen LogP contribution in [-0.4, -0.2) is 39.5 Å². The van der Waals surface area contributed by atoms with E-state index in [0.29, 0.717) is 13.0 Å². The number of nitrogens with zero attached hydrogens (tertiary/aromatic N) is 2. The third-order valence-electron chi connectivity index (χ3n) is 4.26. The molecule has 1 saturated heterocycles. The second-order valence-electron chi connectivity index (χ2n) is 6.29. The van der Waals surface area contributed by atoms with Gasteiger partial charge in [-0.25, -0.2) is 4.98 Å². The first kappa shape index (κ1) is 17.6. The molecule has 1 aromatic heterocycles. The Morgan fingerprint density at radius 2 is 2.12 bits per heavy atom. The Bertz CT molecular complexity index is 757. The van der Waals surface area contributed by atoms with Crippen LogP contribution in [0.25, 0.3) is 0 Å². The van der Waals surface area contributed by atoms with Gasteiger partial charge in [0.15, 0.2) is 0 Å². The van der Waals surface area contributed by atoms with E-state index >= 15 is 0 Å². The molecule has 1 fully saturated rings. The largest absolute Gasteiger partial charge is 0.480 e. The molecule has 0 spiro atoms. The van der Waals surface area contributed by atoms with Gasteiger partial charge in [-0.3, -0.25) is 14.5 Å². The number of nitrogens with one attached hydrogen (secondary N) is 1. The van der Waals surface area contributed by atoms with E-state index < -0.39 is 12.0 Å². The van der Waals surface area contributed by atoms with Crippen molar-refractivity contribution in [3.63, 3.8) is 0 Å². The number of aromatic nitrogens is 1. The molecule has 1 atom stereocenters. The minimum atomic E-state index is -0.773. The Morgan fingerprint density at radius 1 is 1.36 bits per heavy atom. The summed E-state index contributed by atoms with van der Waals surface area (Å²) in [4.78, 5) is 29.8. The zero-order valence-electron chi connectivity index (χ0n) is 14.1. The zero-order valence-corrected chi connectivity index (χ0v) is 14.9. The lowest BCUT2D eigenvalue weighted by Crippen LogP contribution is -2.35. The number of carboxylic acid groups (broad SMARTS) is 1. The monoisotopic (exact) mass is 359 g/mol. The molecular weight excluding hydrogens is 338 g/mol. The van der Waals surface area contributed by atoms with Gasteiger partial charge >= 0.3 is 5.97 Å². The van der Waals surface area contributed by atoms with Gasteiger partial charge in [-0.05, 0) is 38.4 Å². The van der Waals surface area contributed by atoms with Crippen LogP contribution in [0.2, 0.25) is 0 Å². The Labute approximate surface area is 150 Å². The van der Waals surface area contributed by atoms with Crippen LogP contribution >= 0.6 is 11.3 Å². The molecule has 2 heterocycles. The van der Waals surface area contributed by atoms with Gasteiger partial charge in [-0.15, -0.1) is 11.3 Å². The van der Waals surface area contributed by atoms with Gasteiger partial charge in [-0.2, -0.15) is 0 Å². The maximum Gasteiger partial charge on any atom is 0.320 e. The molecule has 0 bridgehead atoms. The molecule has 2 N–H and O–H groups in total. The van der Waals surface area contributed by atoms with Crippen molar-refractivity contribution in [2.75, 3.05) is 11.9 Å². The number of hydrogen-bond acceptors (Lipinski definition) is 5. The average molecular weight is 359 g/mol. The minimum absolute atomic E-state index is 0.102. The minimum Gasteiger partial charge on any atom is -0.480 e. The van der Waals surface area contributed by atoms with Gasteiger partial charge < -0.3 is 10.4 Å². The Hall–Kier alpha value is -2.25. The molecule has 0 unspecified atom stereocenters. The highest BCUT2D eigenvalue weighted by molar-refractivity contribution is 7.09. The number of carbonyl (C=O) groups is 2. The fraction of sp³-hybridized carbons (Fsp3) is 0.389. The predicted molar refractivity (Wildman–Crippen MR) is 96.7 cm³/mol. The lowest BCUT2D eigenvalue weighted by atomic mass is 10.2. The molecule has 0 radical (unpaired) electrons. The summed E-state index contributed by atoms with van der Waals surface area (Å²) in [6.07, 6.45) is 1.80. The maximum atomic E-state index is 12.1. The van der Waals surface area contributed by atoms with Crippen LogP contribution in [0.5, 0.6) is 0 Å². The standard InChI is InChI=1S/C18H21N3O3S/c1-12-4-6-13(7-5-12)19-16(22)9-17-20-14(11-25-17)10-21-8-2-3-15(21)18(23)24/h4-7,11,15H,2-3,8-10H2,1H3,(H,19,22)(H,23,24)/t15-/m0/s1. The number of benzene rings is 1. The first-order valence-electron chi connectivity index (χ1n) is 8.28. The van der Waals surface area contributed by atoms with Gasteiger partial charge in [0.2, 0.25) is 5.91 Å². The van der Waals surface area contributed by atoms with Crippen LogP contribution in [0.1, 0.15) is 29.1 Å². The van der Waals surface area contributed by atoms with E-state index in [9.17, 15) is 14.7 Å². The summed E-state index contributed by atoms with van der Waals surface area (Å²) >= 11 is 1.44. The molecule has 1 aliphatic heterocycles. The van der Waals surface area contributed by atoms with Crippen molar-refractivity contribution in [1.82, 2.24) is 9.88 Å². The molecule has 1 aromatic carbocycles. The van der Waals surface area contributed by atoms with Crippen LogP contribution in [0.3, 0.4) is 0 Å². The van der Waals surface area contributed by atoms with E-state index in [1.54, 1.807) is 0 Å². The summed E-state index contributed by atoms with van der Waals surface area (Å²) in [5.74, 6) is -0.875. The van der Waals surface area contributed by atoms with Crippen molar-refractivity contribution in [1.29, 1.82) is 0 Å². The van der Waals surface area contributed by atoms with Gasteiger partial charge in [0, 0.05) is 17.6 Å². The number of carboxylic acids is 1. The van der Waals surface area contributed by atoms with Gasteiger partial charge in [0.25, 0.3) is 0 Å². The van der Waals surface area contributed by atoms with E-state index in [-0.39, 0.29) is 12.3 Å². The number of carbonyl (C=O) groups excluding carboxylic acids is 1. The topological polar surface area (TPSA) is 82.5 Å².